The Labute approximate surface area is 123 Å². The van der Waals surface area contributed by atoms with Gasteiger partial charge in [0.25, 0.3) is 15.0 Å². The molecule has 0 aliphatic heterocycles. The average molecular weight is 323 g/mol. The van der Waals surface area contributed by atoms with E-state index >= 15 is 0 Å². The molecule has 114 valence electrons. The monoisotopic (exact) mass is 322 g/mol. The number of amides is 1. The Kier molecular flexibility index (Phi) is 5.61. The van der Waals surface area contributed by atoms with Gasteiger partial charge in [-0.1, -0.05) is 0 Å². The Bertz CT molecular complexity index is 582. The number of ether oxygens (including phenoxy) is 1. The largest absolute Gasteiger partial charge is 0.380 e. The molecule has 0 N–H and O–H groups in total. The lowest BCUT2D eigenvalue weighted by Crippen LogP contribution is -2.34. The van der Waals surface area contributed by atoms with Crippen LogP contribution in [0.25, 0.3) is 0 Å². The van der Waals surface area contributed by atoms with E-state index in [-0.39, 0.29) is 22.6 Å². The fourth-order valence-electron chi connectivity index (χ4n) is 1.80. The maximum absolute atomic E-state index is 12.3. The van der Waals surface area contributed by atoms with Crippen LogP contribution in [0.2, 0.25) is 0 Å². The highest BCUT2D eigenvalue weighted by molar-refractivity contribution is 8.13. The van der Waals surface area contributed by atoms with Crippen molar-refractivity contribution in [2.45, 2.75) is 31.4 Å². The number of aryl methyl sites for hydroxylation is 1. The first-order valence-electron chi connectivity index (χ1n) is 6.13. The van der Waals surface area contributed by atoms with E-state index in [0.29, 0.717) is 13.1 Å². The number of carbonyl (C=O) groups is 1. The van der Waals surface area contributed by atoms with Crippen LogP contribution >= 0.6 is 10.7 Å². The number of rotatable bonds is 6. The van der Waals surface area contributed by atoms with Crippen molar-refractivity contribution < 1.29 is 17.9 Å². The Balaban J connectivity index is 3.06. The van der Waals surface area contributed by atoms with Crippen molar-refractivity contribution in [3.63, 3.8) is 0 Å². The Morgan fingerprint density at radius 1 is 1.55 bits per heavy atom. The molecule has 0 fully saturated rings. The summed E-state index contributed by atoms with van der Waals surface area (Å²) in [5.74, 6) is -0.276. The molecule has 6 nitrogen and oxygen atoms in total. The number of halogens is 1. The number of aromatic nitrogens is 1. The standard InChI is InChI=1S/C12H19ClN2O4S/c1-5-15-8-10(20(13,17)18)6-11(15)12(16)14(3)7-9(2)19-4/h6,8-9H,5,7H2,1-4H3. The summed E-state index contributed by atoms with van der Waals surface area (Å²) in [7, 11) is 4.66. The van der Waals surface area contributed by atoms with Gasteiger partial charge in [0.2, 0.25) is 0 Å². The van der Waals surface area contributed by atoms with Crippen LogP contribution in [0.4, 0.5) is 0 Å². The molecule has 0 aromatic carbocycles. The molecule has 0 spiro atoms. The van der Waals surface area contributed by atoms with E-state index < -0.39 is 9.05 Å². The molecular weight excluding hydrogens is 304 g/mol. The van der Waals surface area contributed by atoms with Crippen LogP contribution in [0.3, 0.4) is 0 Å². The summed E-state index contributed by atoms with van der Waals surface area (Å²) in [6, 6.07) is 1.29. The minimum atomic E-state index is -3.85. The maximum atomic E-state index is 12.3. The number of likely N-dealkylation sites (N-methyl/N-ethyl adjacent to an activating group) is 1. The zero-order valence-electron chi connectivity index (χ0n) is 12.0. The second-order valence-corrected chi connectivity index (χ2v) is 7.08. The molecular formula is C12H19ClN2O4S. The van der Waals surface area contributed by atoms with E-state index in [1.54, 1.807) is 18.7 Å². The second kappa shape index (κ2) is 6.60. The third-order valence-electron chi connectivity index (χ3n) is 2.99. The summed E-state index contributed by atoms with van der Waals surface area (Å²) in [5, 5.41) is 0. The number of carbonyl (C=O) groups excluding carboxylic acids is 1. The lowest BCUT2D eigenvalue weighted by atomic mass is 10.3. The normalized spacial score (nSPS) is 13.2. The summed E-state index contributed by atoms with van der Waals surface area (Å²) < 4.78 is 29.3. The number of nitrogens with zero attached hydrogens (tertiary/aromatic N) is 2. The van der Waals surface area contributed by atoms with E-state index in [1.165, 1.54) is 17.2 Å². The highest BCUT2D eigenvalue weighted by Gasteiger charge is 2.22. The van der Waals surface area contributed by atoms with Gasteiger partial charge in [-0.15, -0.1) is 0 Å². The molecule has 1 aromatic heterocycles. The molecule has 0 radical (unpaired) electrons. The minimum Gasteiger partial charge on any atom is -0.380 e. The highest BCUT2D eigenvalue weighted by atomic mass is 35.7. The molecule has 1 heterocycles. The van der Waals surface area contributed by atoms with Crippen LogP contribution in [0, 0.1) is 0 Å². The van der Waals surface area contributed by atoms with Gasteiger partial charge in [0.1, 0.15) is 10.6 Å². The average Bonchev–Trinajstić information content (AvgIpc) is 2.81. The summed E-state index contributed by atoms with van der Waals surface area (Å²) in [4.78, 5) is 13.7. The minimum absolute atomic E-state index is 0.0717. The molecule has 1 atom stereocenters. The number of hydrogen-bond donors (Lipinski definition) is 0. The summed E-state index contributed by atoms with van der Waals surface area (Å²) >= 11 is 0. The molecule has 1 rings (SSSR count). The van der Waals surface area contributed by atoms with E-state index in [1.807, 2.05) is 13.8 Å². The van der Waals surface area contributed by atoms with E-state index in [4.69, 9.17) is 15.4 Å². The molecule has 20 heavy (non-hydrogen) atoms. The number of methoxy groups -OCH3 is 1. The second-order valence-electron chi connectivity index (χ2n) is 4.52. The molecule has 0 aliphatic rings. The molecule has 0 saturated carbocycles. The Hall–Kier alpha value is -1.05. The van der Waals surface area contributed by atoms with Crippen molar-refractivity contribution in [2.75, 3.05) is 20.7 Å². The van der Waals surface area contributed by atoms with Crippen LogP contribution in [0.5, 0.6) is 0 Å². The van der Waals surface area contributed by atoms with Gasteiger partial charge in [-0.2, -0.15) is 0 Å². The highest BCUT2D eigenvalue weighted by Crippen LogP contribution is 2.19. The van der Waals surface area contributed by atoms with Crippen molar-refractivity contribution in [3.05, 3.63) is 18.0 Å². The first-order valence-corrected chi connectivity index (χ1v) is 8.44. The van der Waals surface area contributed by atoms with Gasteiger partial charge in [-0.3, -0.25) is 4.79 Å². The Morgan fingerprint density at radius 2 is 2.15 bits per heavy atom. The molecule has 1 unspecified atom stereocenters. The van der Waals surface area contributed by atoms with Crippen molar-refractivity contribution >= 4 is 25.6 Å². The first-order chi connectivity index (χ1) is 9.20. The van der Waals surface area contributed by atoms with Crippen LogP contribution < -0.4 is 0 Å². The van der Waals surface area contributed by atoms with Crippen LogP contribution in [-0.2, 0) is 20.3 Å². The lowest BCUT2D eigenvalue weighted by Gasteiger charge is -2.21. The zero-order valence-corrected chi connectivity index (χ0v) is 13.5. The lowest BCUT2D eigenvalue weighted by molar-refractivity contribution is 0.0591. The van der Waals surface area contributed by atoms with Gasteiger partial charge in [0, 0.05) is 44.1 Å². The van der Waals surface area contributed by atoms with Crippen molar-refractivity contribution in [3.8, 4) is 0 Å². The Morgan fingerprint density at radius 3 is 2.60 bits per heavy atom. The third kappa shape index (κ3) is 3.97. The SMILES string of the molecule is CCn1cc(S(=O)(=O)Cl)cc1C(=O)N(C)CC(C)OC. The van der Waals surface area contributed by atoms with Gasteiger partial charge in [0.05, 0.1) is 6.10 Å². The third-order valence-corrected chi connectivity index (χ3v) is 4.31. The fourth-order valence-corrected chi connectivity index (χ4v) is 2.55. The van der Waals surface area contributed by atoms with Crippen LogP contribution in [0.1, 0.15) is 24.3 Å². The van der Waals surface area contributed by atoms with Gasteiger partial charge in [0.15, 0.2) is 0 Å². The van der Waals surface area contributed by atoms with Crippen LogP contribution in [0.15, 0.2) is 17.2 Å². The summed E-state index contributed by atoms with van der Waals surface area (Å²) in [5.41, 5.74) is 0.289. The predicted molar refractivity (Wildman–Crippen MR) is 76.6 cm³/mol. The van der Waals surface area contributed by atoms with Crippen molar-refractivity contribution in [1.29, 1.82) is 0 Å². The maximum Gasteiger partial charge on any atom is 0.270 e. The number of hydrogen-bond acceptors (Lipinski definition) is 4. The fraction of sp³-hybridized carbons (Fsp3) is 0.583. The molecule has 0 aliphatic carbocycles. The molecule has 0 saturated heterocycles. The first kappa shape index (κ1) is 17.0. The quantitative estimate of drug-likeness (QED) is 0.745. The van der Waals surface area contributed by atoms with Crippen molar-refractivity contribution in [1.82, 2.24) is 9.47 Å². The van der Waals surface area contributed by atoms with Gasteiger partial charge < -0.3 is 14.2 Å². The smallest absolute Gasteiger partial charge is 0.270 e. The molecule has 0 bridgehead atoms. The van der Waals surface area contributed by atoms with Crippen LogP contribution in [-0.4, -0.2) is 50.6 Å². The van der Waals surface area contributed by atoms with Gasteiger partial charge in [-0.05, 0) is 19.9 Å². The van der Waals surface area contributed by atoms with Gasteiger partial charge in [-0.25, -0.2) is 8.42 Å². The van der Waals surface area contributed by atoms with E-state index in [0.717, 1.165) is 0 Å². The van der Waals surface area contributed by atoms with Crippen molar-refractivity contribution in [2.24, 2.45) is 0 Å². The zero-order chi connectivity index (χ0) is 15.5. The molecule has 1 aromatic rings. The van der Waals surface area contributed by atoms with E-state index in [9.17, 15) is 13.2 Å². The molecule has 8 heteroatoms. The summed E-state index contributed by atoms with van der Waals surface area (Å²) in [6.07, 6.45) is 1.26. The summed E-state index contributed by atoms with van der Waals surface area (Å²) in [6.45, 7) is 4.55. The van der Waals surface area contributed by atoms with Gasteiger partial charge >= 0.3 is 0 Å². The topological polar surface area (TPSA) is 68.6 Å². The predicted octanol–water partition coefficient (Wildman–Crippen LogP) is 1.54. The molecule has 1 amide bonds. The van der Waals surface area contributed by atoms with E-state index in [2.05, 4.69) is 0 Å².